The van der Waals surface area contributed by atoms with Gasteiger partial charge in [0, 0.05) is 10.8 Å². The van der Waals surface area contributed by atoms with Crippen molar-refractivity contribution in [1.82, 2.24) is 10.2 Å². The number of carboxylic acid groups (broad SMARTS) is 1. The molecule has 1 fully saturated rings. The molecule has 1 aromatic carbocycles. The lowest BCUT2D eigenvalue weighted by atomic mass is 10.0. The minimum absolute atomic E-state index is 0.00496. The lowest BCUT2D eigenvalue weighted by Crippen LogP contribution is -2.70. The number of nitrogens with two attached hydrogens (primary N) is 1. The lowest BCUT2D eigenvalue weighted by Gasteiger charge is -2.49. The van der Waals surface area contributed by atoms with Gasteiger partial charge in [0.15, 0.2) is 0 Å². The summed E-state index contributed by atoms with van der Waals surface area (Å²) in [6.45, 7) is 0. The molecule has 1 unspecified atom stereocenters. The van der Waals surface area contributed by atoms with Crippen molar-refractivity contribution in [1.29, 1.82) is 0 Å². The molecule has 2 aliphatic heterocycles. The summed E-state index contributed by atoms with van der Waals surface area (Å²) in [5, 5.41) is 11.8. The van der Waals surface area contributed by atoms with Crippen molar-refractivity contribution in [2.75, 3.05) is 5.75 Å². The number of nitrogens with zero attached hydrogens (tertiary/aromatic N) is 1. The topological polar surface area (TPSA) is 130 Å². The van der Waals surface area contributed by atoms with Gasteiger partial charge in [-0.3, -0.25) is 19.3 Å². The first-order valence-corrected chi connectivity index (χ1v) is 8.97. The van der Waals surface area contributed by atoms with E-state index in [1.54, 1.807) is 24.3 Å². The van der Waals surface area contributed by atoms with Gasteiger partial charge in [-0.25, -0.2) is 4.79 Å². The Labute approximate surface area is 157 Å². The minimum atomic E-state index is -1.40. The Morgan fingerprint density at radius 1 is 1.35 bits per heavy atom. The summed E-state index contributed by atoms with van der Waals surface area (Å²) < 4.78 is 0. The third-order valence-electron chi connectivity index (χ3n) is 4.09. The second kappa shape index (κ2) is 7.00. The first-order valence-electron chi connectivity index (χ1n) is 7.55. The van der Waals surface area contributed by atoms with Crippen molar-refractivity contribution >= 4 is 47.1 Å². The number of carbonyl (C=O) groups is 4. The molecule has 4 N–H and O–H groups in total. The van der Waals surface area contributed by atoms with Crippen LogP contribution in [-0.4, -0.2) is 50.9 Å². The van der Waals surface area contributed by atoms with Crippen LogP contribution < -0.4 is 11.1 Å². The van der Waals surface area contributed by atoms with Gasteiger partial charge in [-0.05, 0) is 11.6 Å². The minimum Gasteiger partial charge on any atom is -0.477 e. The molecular formula is C16H14ClN3O5S. The number of thioether (sulfide) groups is 1. The van der Waals surface area contributed by atoms with Gasteiger partial charge in [0.1, 0.15) is 17.1 Å². The molecule has 2 heterocycles. The van der Waals surface area contributed by atoms with Gasteiger partial charge in [-0.1, -0.05) is 29.8 Å². The number of carbonyl (C=O) groups excluding carboxylic acids is 3. The highest BCUT2D eigenvalue weighted by Gasteiger charge is 2.54. The summed E-state index contributed by atoms with van der Waals surface area (Å²) in [7, 11) is 0. The maximum Gasteiger partial charge on any atom is 0.353 e. The van der Waals surface area contributed by atoms with E-state index in [-0.39, 0.29) is 17.7 Å². The van der Waals surface area contributed by atoms with Crippen LogP contribution in [0.1, 0.15) is 5.56 Å². The first-order chi connectivity index (χ1) is 12.3. The second-order valence-corrected chi connectivity index (χ2v) is 7.23. The zero-order chi connectivity index (χ0) is 19.0. The molecule has 2 aliphatic rings. The molecule has 0 radical (unpaired) electrons. The molecule has 136 valence electrons. The van der Waals surface area contributed by atoms with E-state index in [9.17, 15) is 24.3 Å². The number of halogens is 1. The van der Waals surface area contributed by atoms with Crippen molar-refractivity contribution in [3.8, 4) is 0 Å². The van der Waals surface area contributed by atoms with Crippen LogP contribution in [0.15, 0.2) is 35.5 Å². The highest BCUT2D eigenvalue weighted by Crippen LogP contribution is 2.40. The largest absolute Gasteiger partial charge is 0.477 e. The number of rotatable bonds is 5. The number of fused-ring (bicyclic) bond motifs is 1. The molecule has 3 rings (SSSR count). The Hall–Kier alpha value is -2.52. The van der Waals surface area contributed by atoms with Gasteiger partial charge >= 0.3 is 5.97 Å². The van der Waals surface area contributed by atoms with E-state index < -0.39 is 40.8 Å². The van der Waals surface area contributed by atoms with Gasteiger partial charge in [-0.2, -0.15) is 0 Å². The predicted octanol–water partition coefficient (Wildman–Crippen LogP) is 0.106. The molecule has 1 aromatic rings. The smallest absolute Gasteiger partial charge is 0.353 e. The summed E-state index contributed by atoms with van der Waals surface area (Å²) in [6.07, 6.45) is -0.00496. The molecule has 0 aromatic heterocycles. The fourth-order valence-corrected chi connectivity index (χ4v) is 4.40. The third kappa shape index (κ3) is 3.15. The maximum atomic E-state index is 12.4. The summed E-state index contributed by atoms with van der Waals surface area (Å²) >= 11 is 7.19. The number of nitrogens with one attached hydrogen (secondary N) is 1. The summed E-state index contributed by atoms with van der Waals surface area (Å²) in [6, 6.07) is 5.99. The molecule has 3 amide bonds. The molecule has 0 spiro atoms. The third-order valence-corrected chi connectivity index (χ3v) is 5.74. The predicted molar refractivity (Wildman–Crippen MR) is 94.0 cm³/mol. The molecule has 10 heteroatoms. The molecular weight excluding hydrogens is 382 g/mol. The number of primary amides is 1. The first kappa shape index (κ1) is 18.3. The van der Waals surface area contributed by atoms with Crippen LogP contribution in [0.4, 0.5) is 0 Å². The normalized spacial score (nSPS) is 21.7. The Morgan fingerprint density at radius 2 is 2.04 bits per heavy atom. The van der Waals surface area contributed by atoms with Gasteiger partial charge in [-0.15, -0.1) is 11.8 Å². The van der Waals surface area contributed by atoms with E-state index in [4.69, 9.17) is 17.3 Å². The van der Waals surface area contributed by atoms with Crippen LogP contribution in [0.2, 0.25) is 5.02 Å². The molecule has 0 saturated carbocycles. The highest BCUT2D eigenvalue weighted by atomic mass is 35.5. The Bertz CT molecular complexity index is 856. The number of hydrogen-bond acceptors (Lipinski definition) is 5. The van der Waals surface area contributed by atoms with Crippen molar-refractivity contribution in [2.24, 2.45) is 5.73 Å². The van der Waals surface area contributed by atoms with Crippen molar-refractivity contribution < 1.29 is 24.3 Å². The van der Waals surface area contributed by atoms with Crippen molar-refractivity contribution in [3.63, 3.8) is 0 Å². The summed E-state index contributed by atoms with van der Waals surface area (Å²) in [5.41, 5.74) is 5.28. The lowest BCUT2D eigenvalue weighted by molar-refractivity contribution is -0.150. The van der Waals surface area contributed by atoms with Gasteiger partial charge in [0.2, 0.25) is 11.8 Å². The molecule has 0 aliphatic carbocycles. The van der Waals surface area contributed by atoms with E-state index in [0.717, 1.165) is 4.90 Å². The van der Waals surface area contributed by atoms with Crippen molar-refractivity contribution in [2.45, 2.75) is 17.8 Å². The zero-order valence-corrected chi connectivity index (χ0v) is 14.8. The average molecular weight is 396 g/mol. The van der Waals surface area contributed by atoms with Crippen LogP contribution in [0, 0.1) is 0 Å². The molecule has 2 atom stereocenters. The number of carboxylic acids is 1. The van der Waals surface area contributed by atoms with E-state index in [0.29, 0.717) is 10.6 Å². The van der Waals surface area contributed by atoms with E-state index in [1.807, 2.05) is 0 Å². The Balaban J connectivity index is 1.73. The molecule has 8 nitrogen and oxygen atoms in total. The highest BCUT2D eigenvalue weighted by molar-refractivity contribution is 8.00. The Kier molecular flexibility index (Phi) is 4.92. The van der Waals surface area contributed by atoms with E-state index in [1.165, 1.54) is 11.8 Å². The van der Waals surface area contributed by atoms with E-state index in [2.05, 4.69) is 5.32 Å². The number of aliphatic carboxylic acids is 1. The molecule has 0 bridgehead atoms. The summed E-state index contributed by atoms with van der Waals surface area (Å²) in [4.78, 5) is 48.4. The quantitative estimate of drug-likeness (QED) is 0.606. The monoisotopic (exact) mass is 395 g/mol. The van der Waals surface area contributed by atoms with E-state index >= 15 is 0 Å². The van der Waals surface area contributed by atoms with Crippen LogP contribution in [-0.2, 0) is 25.6 Å². The summed E-state index contributed by atoms with van der Waals surface area (Å²) in [5.74, 6) is -3.22. The molecule has 26 heavy (non-hydrogen) atoms. The standard InChI is InChI=1S/C16H14ClN3O5S/c17-9-4-2-1-3-7(9)5-10(21)19-11-14(23)20-12(16(24)25)8(13(18)22)6-26-15(11)20/h1-4,11,15H,5-6H2,(H2,18,22)(H,19,21)(H,24,25)/t11?,15-/m1/s1. The van der Waals surface area contributed by atoms with Crippen LogP contribution >= 0.6 is 23.4 Å². The van der Waals surface area contributed by atoms with Gasteiger partial charge < -0.3 is 16.2 Å². The second-order valence-electron chi connectivity index (χ2n) is 5.72. The van der Waals surface area contributed by atoms with Crippen LogP contribution in [0.25, 0.3) is 0 Å². The van der Waals surface area contributed by atoms with Crippen LogP contribution in [0.5, 0.6) is 0 Å². The zero-order valence-electron chi connectivity index (χ0n) is 13.3. The number of benzene rings is 1. The SMILES string of the molecule is NC(=O)C1=C(C(=O)O)N2C(=O)C(NC(=O)Cc3ccccc3Cl)[C@H]2SC1. The van der Waals surface area contributed by atoms with Gasteiger partial charge in [0.05, 0.1) is 12.0 Å². The fraction of sp³-hybridized carbons (Fsp3) is 0.250. The number of amides is 3. The number of hydrogen-bond donors (Lipinski definition) is 3. The average Bonchev–Trinajstić information content (AvgIpc) is 2.60. The number of β-lactam (4-membered cyclic amide) rings is 1. The Morgan fingerprint density at radius 3 is 2.65 bits per heavy atom. The molecule has 1 saturated heterocycles. The van der Waals surface area contributed by atoms with Crippen molar-refractivity contribution in [3.05, 3.63) is 46.1 Å². The van der Waals surface area contributed by atoms with Gasteiger partial charge in [0.25, 0.3) is 5.91 Å². The fourth-order valence-electron chi connectivity index (χ4n) is 2.85. The van der Waals surface area contributed by atoms with Crippen LogP contribution in [0.3, 0.4) is 0 Å². The maximum absolute atomic E-state index is 12.4.